The molecule has 2 aromatic rings. The van der Waals surface area contributed by atoms with Crippen LogP contribution in [0, 0.1) is 0 Å². The molecule has 2 aromatic heterocycles. The monoisotopic (exact) mass is 324 g/mol. The summed E-state index contributed by atoms with van der Waals surface area (Å²) in [5.74, 6) is 1.50. The number of carbonyl (C=O) groups excluding carboxylic acids is 1. The van der Waals surface area contributed by atoms with Gasteiger partial charge >= 0.3 is 0 Å². The van der Waals surface area contributed by atoms with Gasteiger partial charge < -0.3 is 15.1 Å². The molecule has 1 amide bonds. The Kier molecular flexibility index (Phi) is 5.00. The lowest BCUT2D eigenvalue weighted by Gasteiger charge is -2.35. The smallest absolute Gasteiger partial charge is 0.272 e. The first kappa shape index (κ1) is 15.9. The minimum absolute atomic E-state index is 0.0697. The number of anilines is 2. The number of rotatable bonds is 5. The van der Waals surface area contributed by atoms with E-state index in [0.717, 1.165) is 18.9 Å². The lowest BCUT2D eigenvalue weighted by molar-refractivity contribution is 0.0740. The third-order valence-corrected chi connectivity index (χ3v) is 3.85. The van der Waals surface area contributed by atoms with E-state index in [-0.39, 0.29) is 5.91 Å². The number of piperazine rings is 1. The normalized spacial score (nSPS) is 14.3. The molecule has 24 heavy (non-hydrogen) atoms. The maximum atomic E-state index is 12.6. The van der Waals surface area contributed by atoms with Crippen molar-refractivity contribution in [3.8, 4) is 0 Å². The molecule has 0 saturated carbocycles. The molecule has 0 unspecified atom stereocenters. The van der Waals surface area contributed by atoms with Crippen molar-refractivity contribution >= 4 is 17.5 Å². The fourth-order valence-electron chi connectivity index (χ4n) is 2.59. The number of nitrogens with one attached hydrogen (secondary N) is 1. The van der Waals surface area contributed by atoms with Gasteiger partial charge in [0.1, 0.15) is 23.7 Å². The van der Waals surface area contributed by atoms with Crippen LogP contribution in [0.5, 0.6) is 0 Å². The minimum atomic E-state index is -0.0697. The van der Waals surface area contributed by atoms with Crippen LogP contribution < -0.4 is 10.2 Å². The van der Waals surface area contributed by atoms with E-state index in [9.17, 15) is 4.79 Å². The Morgan fingerprint density at radius 2 is 2.04 bits per heavy atom. The molecule has 1 saturated heterocycles. The molecule has 1 fully saturated rings. The van der Waals surface area contributed by atoms with Crippen molar-refractivity contribution in [2.75, 3.05) is 42.9 Å². The fraction of sp³-hybridized carbons (Fsp3) is 0.294. The minimum Gasteiger partial charge on any atom is -0.366 e. The number of carbonyl (C=O) groups is 1. The third-order valence-electron chi connectivity index (χ3n) is 3.85. The number of pyridine rings is 1. The van der Waals surface area contributed by atoms with Gasteiger partial charge in [0.25, 0.3) is 5.91 Å². The highest BCUT2D eigenvalue weighted by Gasteiger charge is 2.23. The molecule has 0 atom stereocenters. The van der Waals surface area contributed by atoms with Gasteiger partial charge in [-0.05, 0) is 12.1 Å². The molecule has 0 bridgehead atoms. The van der Waals surface area contributed by atoms with Crippen molar-refractivity contribution in [3.63, 3.8) is 0 Å². The van der Waals surface area contributed by atoms with E-state index in [1.807, 2.05) is 23.1 Å². The van der Waals surface area contributed by atoms with Gasteiger partial charge in [-0.3, -0.25) is 4.79 Å². The van der Waals surface area contributed by atoms with E-state index in [0.29, 0.717) is 31.1 Å². The van der Waals surface area contributed by atoms with Gasteiger partial charge in [-0.2, -0.15) is 0 Å². The molecule has 3 heterocycles. The molecule has 0 radical (unpaired) electrons. The fourth-order valence-corrected chi connectivity index (χ4v) is 2.59. The SMILES string of the molecule is C=CCNc1cc(C(=O)N2CCN(c3ccccn3)CC2)ncn1. The van der Waals surface area contributed by atoms with Crippen LogP contribution in [0.25, 0.3) is 0 Å². The van der Waals surface area contributed by atoms with Crippen LogP contribution >= 0.6 is 0 Å². The Balaban J connectivity index is 1.62. The molecular weight excluding hydrogens is 304 g/mol. The van der Waals surface area contributed by atoms with Crippen molar-refractivity contribution in [3.05, 3.63) is 55.1 Å². The first-order valence-corrected chi connectivity index (χ1v) is 7.90. The average Bonchev–Trinajstić information content (AvgIpc) is 2.67. The zero-order chi connectivity index (χ0) is 16.8. The van der Waals surface area contributed by atoms with Crippen molar-refractivity contribution in [2.24, 2.45) is 0 Å². The molecule has 7 heteroatoms. The first-order valence-electron chi connectivity index (χ1n) is 7.90. The third kappa shape index (κ3) is 3.68. The summed E-state index contributed by atoms with van der Waals surface area (Å²) in [6.45, 7) is 7.05. The van der Waals surface area contributed by atoms with Crippen LogP contribution in [0.4, 0.5) is 11.6 Å². The number of hydrogen-bond donors (Lipinski definition) is 1. The van der Waals surface area contributed by atoms with E-state index in [2.05, 4.69) is 31.7 Å². The largest absolute Gasteiger partial charge is 0.366 e. The maximum absolute atomic E-state index is 12.6. The highest BCUT2D eigenvalue weighted by Crippen LogP contribution is 2.14. The average molecular weight is 324 g/mol. The second-order valence-corrected chi connectivity index (χ2v) is 5.43. The van der Waals surface area contributed by atoms with E-state index in [1.165, 1.54) is 6.33 Å². The molecule has 3 rings (SSSR count). The molecule has 7 nitrogen and oxygen atoms in total. The summed E-state index contributed by atoms with van der Waals surface area (Å²) in [6.07, 6.45) is 4.93. The van der Waals surface area contributed by atoms with Gasteiger partial charge in [0.15, 0.2) is 0 Å². The van der Waals surface area contributed by atoms with Crippen LogP contribution in [0.3, 0.4) is 0 Å². The van der Waals surface area contributed by atoms with Gasteiger partial charge in [0, 0.05) is 45.0 Å². The highest BCUT2D eigenvalue weighted by molar-refractivity contribution is 5.93. The quantitative estimate of drug-likeness (QED) is 0.839. The Hall–Kier alpha value is -2.96. The predicted octanol–water partition coefficient (Wildman–Crippen LogP) is 1.43. The summed E-state index contributed by atoms with van der Waals surface area (Å²) < 4.78 is 0. The van der Waals surface area contributed by atoms with Gasteiger partial charge in [-0.25, -0.2) is 15.0 Å². The van der Waals surface area contributed by atoms with E-state index < -0.39 is 0 Å². The summed E-state index contributed by atoms with van der Waals surface area (Å²) in [6, 6.07) is 7.53. The van der Waals surface area contributed by atoms with Crippen LogP contribution in [-0.2, 0) is 0 Å². The number of amides is 1. The van der Waals surface area contributed by atoms with Gasteiger partial charge in [-0.1, -0.05) is 12.1 Å². The van der Waals surface area contributed by atoms with Crippen LogP contribution in [0.2, 0.25) is 0 Å². The number of hydrogen-bond acceptors (Lipinski definition) is 6. The summed E-state index contributed by atoms with van der Waals surface area (Å²) in [4.78, 5) is 29.2. The first-order chi connectivity index (χ1) is 11.8. The van der Waals surface area contributed by atoms with Crippen LogP contribution in [-0.4, -0.2) is 58.5 Å². The summed E-state index contributed by atoms with van der Waals surface area (Å²) >= 11 is 0. The van der Waals surface area contributed by atoms with Gasteiger partial charge in [0.2, 0.25) is 0 Å². The van der Waals surface area contributed by atoms with E-state index in [4.69, 9.17) is 0 Å². The molecule has 1 N–H and O–H groups in total. The van der Waals surface area contributed by atoms with E-state index in [1.54, 1.807) is 18.3 Å². The molecule has 1 aliphatic rings. The van der Waals surface area contributed by atoms with Gasteiger partial charge in [-0.15, -0.1) is 6.58 Å². The topological polar surface area (TPSA) is 74.2 Å². The van der Waals surface area contributed by atoms with Crippen molar-refractivity contribution in [1.29, 1.82) is 0 Å². The molecule has 0 aliphatic carbocycles. The molecule has 0 aromatic carbocycles. The zero-order valence-electron chi connectivity index (χ0n) is 13.4. The maximum Gasteiger partial charge on any atom is 0.272 e. The molecule has 1 aliphatic heterocycles. The molecule has 124 valence electrons. The second-order valence-electron chi connectivity index (χ2n) is 5.43. The Morgan fingerprint density at radius 3 is 2.75 bits per heavy atom. The lowest BCUT2D eigenvalue weighted by Crippen LogP contribution is -2.49. The van der Waals surface area contributed by atoms with Crippen molar-refractivity contribution in [1.82, 2.24) is 19.9 Å². The standard InChI is InChI=1S/C17H20N6O/c1-2-6-18-15-12-14(20-13-21-15)17(24)23-10-8-22(9-11-23)16-5-3-4-7-19-16/h2-5,7,12-13H,1,6,8-11H2,(H,18,20,21). The van der Waals surface area contributed by atoms with E-state index >= 15 is 0 Å². The molecule has 0 spiro atoms. The summed E-state index contributed by atoms with van der Waals surface area (Å²) in [5, 5.41) is 3.06. The van der Waals surface area contributed by atoms with Crippen molar-refractivity contribution in [2.45, 2.75) is 0 Å². The molecular formula is C17H20N6O. The second kappa shape index (κ2) is 7.54. The highest BCUT2D eigenvalue weighted by atomic mass is 16.2. The number of aromatic nitrogens is 3. The summed E-state index contributed by atoms with van der Waals surface area (Å²) in [7, 11) is 0. The Labute approximate surface area is 141 Å². The predicted molar refractivity (Wildman–Crippen MR) is 93.1 cm³/mol. The Bertz CT molecular complexity index is 697. The summed E-state index contributed by atoms with van der Waals surface area (Å²) in [5.41, 5.74) is 0.405. The van der Waals surface area contributed by atoms with Crippen LogP contribution in [0.1, 0.15) is 10.5 Å². The Morgan fingerprint density at radius 1 is 1.21 bits per heavy atom. The zero-order valence-corrected chi connectivity index (χ0v) is 13.4. The van der Waals surface area contributed by atoms with Gasteiger partial charge in [0.05, 0.1) is 0 Å². The number of nitrogens with zero attached hydrogens (tertiary/aromatic N) is 5. The van der Waals surface area contributed by atoms with Crippen molar-refractivity contribution < 1.29 is 4.79 Å². The van der Waals surface area contributed by atoms with Crippen LogP contribution in [0.15, 0.2) is 49.4 Å². The lowest BCUT2D eigenvalue weighted by atomic mass is 10.2.